The number of nitrogens with zero attached hydrogens (tertiary/aromatic N) is 3. The number of allylic oxidation sites excluding steroid dienone is 2. The molecule has 6 aliphatic rings. The molecule has 7 nitrogen and oxygen atoms in total. The molecule has 0 aromatic heterocycles. The quantitative estimate of drug-likeness (QED) is 0.627. The van der Waals surface area contributed by atoms with Crippen molar-refractivity contribution in [2.24, 2.45) is 28.7 Å². The summed E-state index contributed by atoms with van der Waals surface area (Å²) in [7, 11) is 0. The normalized spacial score (nSPS) is 33.9. The van der Waals surface area contributed by atoms with Crippen molar-refractivity contribution in [1.29, 1.82) is 0 Å². The highest BCUT2D eigenvalue weighted by Crippen LogP contribution is 2.45. The number of carbonyl (C=O) groups is 2. The van der Waals surface area contributed by atoms with E-state index in [2.05, 4.69) is 30.1 Å². The highest BCUT2D eigenvalue weighted by atomic mass is 35.5. The molecule has 4 atom stereocenters. The molecule has 1 saturated carbocycles. The Kier molecular flexibility index (Phi) is 5.73. The number of ether oxygens (including phenoxy) is 1. The SMILES string of the molecule is CC1=NC(C=C2C(=O)NC3=C2CC(CN2CCOC2=O)C=C3)=C(C)C1CN1C[C@H]2C[C@H]2C1.Cl. The molecule has 8 heteroatoms. The van der Waals surface area contributed by atoms with Crippen molar-refractivity contribution in [3.63, 3.8) is 0 Å². The Bertz CT molecular complexity index is 1050. The van der Waals surface area contributed by atoms with Crippen LogP contribution in [0.1, 0.15) is 26.7 Å². The van der Waals surface area contributed by atoms with E-state index >= 15 is 0 Å². The van der Waals surface area contributed by atoms with Gasteiger partial charge in [0.25, 0.3) is 5.91 Å². The Morgan fingerprint density at radius 3 is 2.73 bits per heavy atom. The molecule has 2 saturated heterocycles. The molecule has 0 aromatic carbocycles. The van der Waals surface area contributed by atoms with Crippen molar-refractivity contribution in [2.75, 3.05) is 39.3 Å². The van der Waals surface area contributed by atoms with Crippen LogP contribution >= 0.6 is 12.4 Å². The van der Waals surface area contributed by atoms with Crippen molar-refractivity contribution in [3.8, 4) is 0 Å². The third-order valence-corrected chi connectivity index (χ3v) is 7.95. The van der Waals surface area contributed by atoms with E-state index in [-0.39, 0.29) is 30.3 Å². The first kappa shape index (κ1) is 22.4. The molecule has 1 N–H and O–H groups in total. The van der Waals surface area contributed by atoms with Crippen LogP contribution in [0.4, 0.5) is 4.79 Å². The van der Waals surface area contributed by atoms with Crippen LogP contribution in [0, 0.1) is 23.7 Å². The van der Waals surface area contributed by atoms with Gasteiger partial charge in [-0.3, -0.25) is 9.79 Å². The standard InChI is InChI=1S/C25H30N4O3.ClH/c1-14-21(13-28-11-17-8-18(17)12-28)15(2)26-23(14)9-20-19-7-16(3-4-22(19)27-24(20)30)10-29-5-6-32-25(29)31;/h3-4,9,16-18,21H,5-8,10-13H2,1-2H3,(H,27,30);1H/t16?,17-,18+,21?;. The molecule has 0 bridgehead atoms. The molecule has 176 valence electrons. The minimum absolute atomic E-state index is 0. The number of likely N-dealkylation sites (tertiary alicyclic amines) is 1. The molecule has 33 heavy (non-hydrogen) atoms. The summed E-state index contributed by atoms with van der Waals surface area (Å²) in [5, 5.41) is 3.01. The lowest BCUT2D eigenvalue weighted by Crippen LogP contribution is -2.31. The fraction of sp³-hybridized carbons (Fsp3) is 0.560. The van der Waals surface area contributed by atoms with E-state index in [1.807, 2.05) is 12.2 Å². The van der Waals surface area contributed by atoms with Gasteiger partial charge in [-0.2, -0.15) is 0 Å². The summed E-state index contributed by atoms with van der Waals surface area (Å²) in [5.74, 6) is 2.33. The van der Waals surface area contributed by atoms with Crippen LogP contribution < -0.4 is 5.32 Å². The second kappa shape index (κ2) is 8.44. The van der Waals surface area contributed by atoms with Crippen LogP contribution in [0.2, 0.25) is 0 Å². The highest BCUT2D eigenvalue weighted by Gasteiger charge is 2.45. The Hall–Kier alpha value is -2.38. The van der Waals surface area contributed by atoms with Crippen LogP contribution in [0.3, 0.4) is 0 Å². The maximum absolute atomic E-state index is 12.8. The summed E-state index contributed by atoms with van der Waals surface area (Å²) < 4.78 is 5.06. The first-order valence-corrected chi connectivity index (χ1v) is 11.8. The maximum Gasteiger partial charge on any atom is 0.409 e. The lowest BCUT2D eigenvalue weighted by molar-refractivity contribution is -0.116. The first-order valence-electron chi connectivity index (χ1n) is 11.8. The van der Waals surface area contributed by atoms with Gasteiger partial charge in [0.15, 0.2) is 0 Å². The number of hydrogen-bond acceptors (Lipinski definition) is 5. The Balaban J connectivity index is 0.00000228. The molecule has 0 aromatic rings. The second-order valence-electron chi connectivity index (χ2n) is 10.1. The van der Waals surface area contributed by atoms with Gasteiger partial charge in [-0.25, -0.2) is 4.79 Å². The van der Waals surface area contributed by atoms with E-state index in [1.165, 1.54) is 25.1 Å². The summed E-state index contributed by atoms with van der Waals surface area (Å²) in [6.45, 7) is 9.49. The van der Waals surface area contributed by atoms with Crippen LogP contribution in [0.15, 0.2) is 51.3 Å². The van der Waals surface area contributed by atoms with Gasteiger partial charge in [-0.05, 0) is 67.7 Å². The van der Waals surface area contributed by atoms with Crippen molar-refractivity contribution < 1.29 is 14.3 Å². The number of rotatable bonds is 5. The van der Waals surface area contributed by atoms with Gasteiger partial charge in [-0.15, -0.1) is 12.4 Å². The van der Waals surface area contributed by atoms with Crippen LogP contribution in [0.5, 0.6) is 0 Å². The van der Waals surface area contributed by atoms with Gasteiger partial charge in [0.05, 0.1) is 12.2 Å². The van der Waals surface area contributed by atoms with E-state index in [0.717, 1.165) is 47.5 Å². The first-order chi connectivity index (χ1) is 15.5. The number of piperidine rings is 1. The summed E-state index contributed by atoms with van der Waals surface area (Å²) in [4.78, 5) is 33.8. The summed E-state index contributed by atoms with van der Waals surface area (Å²) in [6.07, 6.45) is 7.96. The molecule has 3 fully saturated rings. The van der Waals surface area contributed by atoms with Gasteiger partial charge >= 0.3 is 6.09 Å². The zero-order valence-corrected chi connectivity index (χ0v) is 20.0. The molecule has 2 amide bonds. The van der Waals surface area contributed by atoms with Gasteiger partial charge < -0.3 is 19.9 Å². The minimum Gasteiger partial charge on any atom is -0.448 e. The molecule has 2 aliphatic carbocycles. The highest BCUT2D eigenvalue weighted by molar-refractivity contribution is 6.04. The summed E-state index contributed by atoms with van der Waals surface area (Å²) >= 11 is 0. The fourth-order valence-electron chi connectivity index (χ4n) is 5.93. The molecular weight excluding hydrogens is 440 g/mol. The monoisotopic (exact) mass is 470 g/mol. The van der Waals surface area contributed by atoms with E-state index in [4.69, 9.17) is 9.73 Å². The number of hydrogen-bond donors (Lipinski definition) is 1. The molecule has 4 heterocycles. The number of cyclic esters (lactones) is 1. The Morgan fingerprint density at radius 1 is 1.21 bits per heavy atom. The molecular formula is C25H31ClN4O3. The van der Waals surface area contributed by atoms with E-state index in [0.29, 0.717) is 31.2 Å². The Morgan fingerprint density at radius 2 is 2.00 bits per heavy atom. The third kappa shape index (κ3) is 4.06. The minimum atomic E-state index is -0.243. The van der Waals surface area contributed by atoms with E-state index < -0.39 is 0 Å². The van der Waals surface area contributed by atoms with Crippen molar-refractivity contribution in [2.45, 2.75) is 26.7 Å². The van der Waals surface area contributed by atoms with Gasteiger partial charge in [0, 0.05) is 49.1 Å². The summed E-state index contributed by atoms with van der Waals surface area (Å²) in [6, 6.07) is 0. The average Bonchev–Trinajstić information content (AvgIpc) is 3.05. The van der Waals surface area contributed by atoms with Crippen LogP contribution in [0.25, 0.3) is 0 Å². The number of carbonyl (C=O) groups excluding carboxylic acids is 2. The van der Waals surface area contributed by atoms with E-state index in [9.17, 15) is 9.59 Å². The van der Waals surface area contributed by atoms with Gasteiger partial charge in [-0.1, -0.05) is 6.08 Å². The van der Waals surface area contributed by atoms with Gasteiger partial charge in [0.2, 0.25) is 0 Å². The summed E-state index contributed by atoms with van der Waals surface area (Å²) in [5.41, 5.74) is 5.98. The maximum atomic E-state index is 12.8. The second-order valence-corrected chi connectivity index (χ2v) is 10.1. The largest absolute Gasteiger partial charge is 0.448 e. The van der Waals surface area contributed by atoms with Gasteiger partial charge in [0.1, 0.15) is 6.61 Å². The third-order valence-electron chi connectivity index (χ3n) is 7.95. The predicted molar refractivity (Wildman–Crippen MR) is 128 cm³/mol. The number of amides is 2. The van der Waals surface area contributed by atoms with Crippen LogP contribution in [-0.4, -0.2) is 66.8 Å². The average molecular weight is 471 g/mol. The number of fused-ring (bicyclic) bond motifs is 1. The molecule has 6 rings (SSSR count). The predicted octanol–water partition coefficient (Wildman–Crippen LogP) is 3.06. The van der Waals surface area contributed by atoms with Crippen molar-refractivity contribution >= 4 is 30.1 Å². The lowest BCUT2D eigenvalue weighted by Gasteiger charge is -2.23. The zero-order chi connectivity index (χ0) is 22.0. The molecule has 2 unspecified atom stereocenters. The number of aliphatic imine (C=N–C) groups is 1. The topological polar surface area (TPSA) is 74.2 Å². The zero-order valence-electron chi connectivity index (χ0n) is 19.2. The molecule has 4 aliphatic heterocycles. The Labute approximate surface area is 200 Å². The molecule has 0 radical (unpaired) electrons. The van der Waals surface area contributed by atoms with Crippen molar-refractivity contribution in [3.05, 3.63) is 46.3 Å². The molecule has 0 spiro atoms. The fourth-order valence-corrected chi connectivity index (χ4v) is 5.93. The van der Waals surface area contributed by atoms with Crippen LogP contribution in [-0.2, 0) is 9.53 Å². The van der Waals surface area contributed by atoms with Crippen molar-refractivity contribution in [1.82, 2.24) is 15.1 Å². The van der Waals surface area contributed by atoms with E-state index in [1.54, 1.807) is 4.90 Å². The number of halogens is 1. The lowest BCUT2D eigenvalue weighted by atomic mass is 9.88. The smallest absolute Gasteiger partial charge is 0.409 e. The number of nitrogens with one attached hydrogen (secondary N) is 1.